The van der Waals surface area contributed by atoms with Crippen LogP contribution in [0.1, 0.15) is 25.1 Å². The summed E-state index contributed by atoms with van der Waals surface area (Å²) in [5.74, 6) is -0.126. The number of fused-ring (bicyclic) bond motifs is 2. The smallest absolute Gasteiger partial charge is 0.246 e. The first-order valence-electron chi connectivity index (χ1n) is 13.1. The van der Waals surface area contributed by atoms with E-state index in [-0.39, 0.29) is 12.0 Å². The highest BCUT2D eigenvalue weighted by Crippen LogP contribution is 2.46. The zero-order valence-electron chi connectivity index (χ0n) is 22.5. The normalized spacial score (nSPS) is 12.8. The van der Waals surface area contributed by atoms with Gasteiger partial charge in [-0.15, -0.1) is 11.3 Å². The Bertz CT molecular complexity index is 1870. The molecule has 0 atom stereocenters. The predicted octanol–water partition coefficient (Wildman–Crippen LogP) is 6.21. The lowest BCUT2D eigenvalue weighted by Gasteiger charge is -2.26. The summed E-state index contributed by atoms with van der Waals surface area (Å²) in [6, 6.07) is 12.4. The maximum absolute atomic E-state index is 14.5. The van der Waals surface area contributed by atoms with Crippen LogP contribution in [-0.2, 0) is 17.9 Å². The first-order valence-corrected chi connectivity index (χ1v) is 14.0. The van der Waals surface area contributed by atoms with Gasteiger partial charge in [-0.2, -0.15) is 10.4 Å². The lowest BCUT2D eigenvalue weighted by molar-refractivity contribution is -0.127. The molecule has 1 aliphatic rings. The fraction of sp³-hybridized carbons (Fsp3) is 0.194. The zero-order valence-corrected chi connectivity index (χ0v) is 23.3. The van der Waals surface area contributed by atoms with Gasteiger partial charge >= 0.3 is 0 Å². The molecule has 1 aliphatic heterocycles. The van der Waals surface area contributed by atoms with Crippen LogP contribution in [-0.4, -0.2) is 43.2 Å². The average Bonchev–Trinajstić information content (AvgIpc) is 3.63. The molecule has 0 radical (unpaired) electrons. The van der Waals surface area contributed by atoms with E-state index in [1.807, 2.05) is 36.0 Å². The Kier molecular flexibility index (Phi) is 6.81. The van der Waals surface area contributed by atoms with E-state index in [9.17, 15) is 14.4 Å². The monoisotopic (exact) mass is 564 g/mol. The Balaban J connectivity index is 1.63. The molecule has 0 saturated heterocycles. The van der Waals surface area contributed by atoms with Gasteiger partial charge < -0.3 is 9.64 Å². The minimum Gasteiger partial charge on any atom is -0.490 e. The fourth-order valence-electron chi connectivity index (χ4n) is 5.06. The summed E-state index contributed by atoms with van der Waals surface area (Å²) in [4.78, 5) is 23.5. The van der Waals surface area contributed by atoms with Crippen molar-refractivity contribution in [2.45, 2.75) is 33.0 Å². The molecule has 0 spiro atoms. The lowest BCUT2D eigenvalue weighted by Crippen LogP contribution is -2.37. The third-order valence-electron chi connectivity index (χ3n) is 6.85. The summed E-state index contributed by atoms with van der Waals surface area (Å²) in [7, 11) is 0. The number of thiophene rings is 1. The van der Waals surface area contributed by atoms with Gasteiger partial charge in [-0.05, 0) is 55.6 Å². The van der Waals surface area contributed by atoms with Gasteiger partial charge in [0.1, 0.15) is 29.0 Å². The first kappa shape index (κ1) is 26.3. The van der Waals surface area contributed by atoms with Crippen LogP contribution in [0.4, 0.5) is 4.39 Å². The number of ether oxygens (including phenoxy) is 1. The number of pyridine rings is 2. The molecule has 10 heteroatoms. The minimum atomic E-state index is -0.401. The molecular weight excluding hydrogens is 539 g/mol. The third kappa shape index (κ3) is 4.85. The maximum atomic E-state index is 14.5. The van der Waals surface area contributed by atoms with Crippen molar-refractivity contribution in [2.24, 2.45) is 0 Å². The Morgan fingerprint density at radius 3 is 2.83 bits per heavy atom. The molecule has 1 amide bonds. The van der Waals surface area contributed by atoms with Gasteiger partial charge in [-0.25, -0.2) is 9.37 Å². The summed E-state index contributed by atoms with van der Waals surface area (Å²) >= 11 is 1.54. The molecule has 204 valence electrons. The van der Waals surface area contributed by atoms with Crippen molar-refractivity contribution in [3.05, 3.63) is 83.9 Å². The highest BCUT2D eigenvalue weighted by molar-refractivity contribution is 7.18. The maximum Gasteiger partial charge on any atom is 0.246 e. The topological polar surface area (TPSA) is 96.9 Å². The fourth-order valence-corrected chi connectivity index (χ4v) is 6.02. The van der Waals surface area contributed by atoms with Gasteiger partial charge in [0, 0.05) is 51.8 Å². The van der Waals surface area contributed by atoms with E-state index in [1.165, 1.54) is 35.7 Å². The predicted molar refractivity (Wildman–Crippen MR) is 156 cm³/mol. The zero-order chi connectivity index (χ0) is 28.7. The summed E-state index contributed by atoms with van der Waals surface area (Å²) < 4.78 is 23.3. The van der Waals surface area contributed by atoms with Crippen LogP contribution in [0.2, 0.25) is 0 Å². The SMILES string of the molecule is C=CC(=O)N1CCn2nc(-c3nc(-c4cncc(C#N)c4)c4ccsc4c3-c3ccc(F)cc3OC(C)C)cc2C1. The molecule has 5 aromatic rings. The van der Waals surface area contributed by atoms with Crippen molar-refractivity contribution >= 4 is 27.3 Å². The molecule has 41 heavy (non-hydrogen) atoms. The molecule has 0 aliphatic carbocycles. The van der Waals surface area contributed by atoms with Crippen LogP contribution >= 0.6 is 11.3 Å². The van der Waals surface area contributed by atoms with E-state index < -0.39 is 5.82 Å². The number of benzene rings is 1. The molecule has 0 saturated carbocycles. The summed E-state index contributed by atoms with van der Waals surface area (Å²) in [5.41, 5.74) is 5.32. The van der Waals surface area contributed by atoms with Crippen molar-refractivity contribution < 1.29 is 13.9 Å². The Hall–Kier alpha value is -4.88. The number of halogens is 1. The number of hydrogen-bond acceptors (Lipinski definition) is 7. The molecule has 0 N–H and O–H groups in total. The van der Waals surface area contributed by atoms with Gasteiger partial charge in [0.05, 0.1) is 36.1 Å². The quantitative estimate of drug-likeness (QED) is 0.227. The van der Waals surface area contributed by atoms with E-state index in [0.29, 0.717) is 59.2 Å². The number of nitriles is 1. The van der Waals surface area contributed by atoms with Crippen molar-refractivity contribution in [3.63, 3.8) is 0 Å². The number of hydrogen-bond donors (Lipinski definition) is 0. The Morgan fingerprint density at radius 2 is 2.05 bits per heavy atom. The second kappa shape index (κ2) is 10.6. The molecule has 8 nitrogen and oxygen atoms in total. The van der Waals surface area contributed by atoms with Crippen LogP contribution in [0.15, 0.2) is 66.8 Å². The summed E-state index contributed by atoms with van der Waals surface area (Å²) in [5, 5.41) is 17.3. The average molecular weight is 565 g/mol. The molecule has 0 bridgehead atoms. The molecule has 1 aromatic carbocycles. The summed E-state index contributed by atoms with van der Waals surface area (Å²) in [6.45, 7) is 8.85. The van der Waals surface area contributed by atoms with E-state index in [4.69, 9.17) is 14.8 Å². The van der Waals surface area contributed by atoms with Crippen LogP contribution in [0.5, 0.6) is 5.75 Å². The van der Waals surface area contributed by atoms with Gasteiger partial charge in [-0.1, -0.05) is 6.58 Å². The molecule has 0 unspecified atom stereocenters. The van der Waals surface area contributed by atoms with Crippen LogP contribution < -0.4 is 4.74 Å². The van der Waals surface area contributed by atoms with Crippen LogP contribution in [0, 0.1) is 17.1 Å². The highest BCUT2D eigenvalue weighted by atomic mass is 32.1. The van der Waals surface area contributed by atoms with Crippen molar-refractivity contribution in [1.29, 1.82) is 5.26 Å². The highest BCUT2D eigenvalue weighted by Gasteiger charge is 2.27. The Labute approximate surface area is 240 Å². The number of nitrogens with zero attached hydrogens (tertiary/aromatic N) is 6. The number of carbonyl (C=O) groups excluding carboxylic acids is 1. The Morgan fingerprint density at radius 1 is 1.20 bits per heavy atom. The lowest BCUT2D eigenvalue weighted by atomic mass is 9.97. The number of amides is 1. The molecule has 5 heterocycles. The van der Waals surface area contributed by atoms with Crippen LogP contribution in [0.3, 0.4) is 0 Å². The standard InChI is InChI=1S/C31H25FN6O2S/c1-4-27(39)37-8-9-38-22(17-37)13-25(36-38)30-28(23-6-5-21(32)12-26(23)40-18(2)3)31-24(7-10-41-31)29(35-30)20-11-19(14-33)15-34-16-20/h4-7,10-13,15-16,18H,1,8-9,17H2,2-3H3. The van der Waals surface area contributed by atoms with E-state index in [2.05, 4.69) is 17.6 Å². The minimum absolute atomic E-state index is 0.133. The molecular formula is C31H25FN6O2S. The van der Waals surface area contributed by atoms with Crippen molar-refractivity contribution in [2.75, 3.05) is 6.54 Å². The van der Waals surface area contributed by atoms with E-state index >= 15 is 0 Å². The largest absolute Gasteiger partial charge is 0.490 e. The molecule has 4 aromatic heterocycles. The second-order valence-electron chi connectivity index (χ2n) is 9.94. The molecule has 0 fully saturated rings. The first-order chi connectivity index (χ1) is 19.9. The van der Waals surface area contributed by atoms with Gasteiger partial charge in [-0.3, -0.25) is 14.5 Å². The molecule has 6 rings (SSSR count). The summed E-state index contributed by atoms with van der Waals surface area (Å²) in [6.07, 6.45) is 4.33. The van der Waals surface area contributed by atoms with Gasteiger partial charge in [0.25, 0.3) is 0 Å². The van der Waals surface area contributed by atoms with Crippen molar-refractivity contribution in [1.82, 2.24) is 24.6 Å². The number of aromatic nitrogens is 4. The van der Waals surface area contributed by atoms with Crippen molar-refractivity contribution in [3.8, 4) is 45.6 Å². The van der Waals surface area contributed by atoms with Crippen LogP contribution in [0.25, 0.3) is 43.9 Å². The van der Waals surface area contributed by atoms with Gasteiger partial charge in [0.15, 0.2) is 0 Å². The second-order valence-corrected chi connectivity index (χ2v) is 10.9. The van der Waals surface area contributed by atoms with E-state index in [1.54, 1.807) is 23.2 Å². The number of carbonyl (C=O) groups is 1. The van der Waals surface area contributed by atoms with Gasteiger partial charge in [0.2, 0.25) is 5.91 Å². The van der Waals surface area contributed by atoms with E-state index in [0.717, 1.165) is 21.3 Å². The number of rotatable bonds is 6. The third-order valence-corrected chi connectivity index (χ3v) is 7.78.